The first-order chi connectivity index (χ1) is 2.41. The van der Waals surface area contributed by atoms with Crippen LogP contribution < -0.4 is 0 Å². The molecule has 0 heterocycles. The molecule has 0 fully saturated rings. The van der Waals surface area contributed by atoms with E-state index < -0.39 is 0 Å². The van der Waals surface area contributed by atoms with Gasteiger partial charge in [0.15, 0.2) is 0 Å². The Bertz CT molecular complexity index is 15.1. The standard InChI is InChI=1S/C2H5.2Sb.Te.3H/c1-2;;;;;;/h1H2,2H3;;;;;;. The van der Waals surface area contributed by atoms with Crippen LogP contribution in [0.2, 0.25) is 4.37 Å². The molecule has 0 spiro atoms. The van der Waals surface area contributed by atoms with Crippen molar-refractivity contribution in [3.8, 4) is 0 Å². The summed E-state index contributed by atoms with van der Waals surface area (Å²) in [6.45, 7) is 2.34. The van der Waals surface area contributed by atoms with Gasteiger partial charge in [-0.25, -0.2) is 0 Å². The topological polar surface area (TPSA) is 0 Å². The van der Waals surface area contributed by atoms with Crippen LogP contribution in [0.15, 0.2) is 0 Å². The summed E-state index contributed by atoms with van der Waals surface area (Å²) < 4.78 is 1.60. The fourth-order valence-corrected chi connectivity index (χ4v) is 25.2. The van der Waals surface area contributed by atoms with Crippen molar-refractivity contribution < 1.29 is 0 Å². The predicted molar refractivity (Wildman–Crippen MR) is 31.9 cm³/mol. The second-order valence-electron chi connectivity index (χ2n) is 0.616. The summed E-state index contributed by atoms with van der Waals surface area (Å²) >= 11 is 2.84. The van der Waals surface area contributed by atoms with Crippen LogP contribution in [-0.4, -0.2) is 49.6 Å². The molecule has 0 atom stereocenters. The summed E-state index contributed by atoms with van der Waals surface area (Å²) in [4.78, 5) is 0. The maximum atomic E-state index is 2.34. The van der Waals surface area contributed by atoms with E-state index in [0.717, 1.165) is 12.8 Å². The normalized spacial score (nSPS) is 8.40. The third kappa shape index (κ3) is 6.43. The molecule has 0 N–H and O–H groups in total. The van der Waals surface area contributed by atoms with Gasteiger partial charge in [-0.2, -0.15) is 0 Å². The van der Waals surface area contributed by atoms with E-state index in [1.807, 2.05) is 0 Å². The fourth-order valence-electron chi connectivity index (χ4n) is 0.0833. The van der Waals surface area contributed by atoms with E-state index in [0.29, 0.717) is 17.7 Å². The molecule has 0 bridgehead atoms. The van der Waals surface area contributed by atoms with Crippen LogP contribution in [0.25, 0.3) is 0 Å². The van der Waals surface area contributed by atoms with Crippen LogP contribution in [0.4, 0.5) is 0 Å². The molecule has 0 aromatic rings. The first kappa shape index (κ1) is 7.43. The molecular weight excluding hydrogens is 395 g/mol. The van der Waals surface area contributed by atoms with Crippen LogP contribution in [0.3, 0.4) is 0 Å². The maximum absolute atomic E-state index is 2.34. The summed E-state index contributed by atoms with van der Waals surface area (Å²) in [6, 6.07) is 0. The number of rotatable bonds is 2. The molecule has 3 heteroatoms. The monoisotopic (exact) mass is 404 g/mol. The second kappa shape index (κ2) is 6.43. The van der Waals surface area contributed by atoms with Crippen LogP contribution in [0.1, 0.15) is 6.92 Å². The van der Waals surface area contributed by atoms with Gasteiger partial charge >= 0.3 is 60.9 Å². The van der Waals surface area contributed by atoms with Gasteiger partial charge in [0.2, 0.25) is 0 Å². The summed E-state index contributed by atoms with van der Waals surface area (Å²) in [6.07, 6.45) is 0. The SMILES string of the molecule is C[CH2][SbH][Te][SbH2]. The van der Waals surface area contributed by atoms with Gasteiger partial charge in [0.05, 0.1) is 0 Å². The third-order valence-electron chi connectivity index (χ3n) is 0.228. The zero-order valence-corrected chi connectivity index (χ0v) is 11.7. The molecule has 32 valence electrons. The van der Waals surface area contributed by atoms with Gasteiger partial charge in [-0.05, 0) is 0 Å². The van der Waals surface area contributed by atoms with Crippen molar-refractivity contribution in [1.29, 1.82) is 0 Å². The Morgan fingerprint density at radius 1 is 2.00 bits per heavy atom. The van der Waals surface area contributed by atoms with Crippen LogP contribution in [0, 0.1) is 0 Å². The average molecular weight is 403 g/mol. The van der Waals surface area contributed by atoms with Crippen LogP contribution in [-0.2, 0) is 0 Å². The van der Waals surface area contributed by atoms with Gasteiger partial charge in [-0.3, -0.25) is 0 Å². The van der Waals surface area contributed by atoms with Gasteiger partial charge in [0, 0.05) is 0 Å². The molecule has 0 aliphatic heterocycles. The fraction of sp³-hybridized carbons (Fsp3) is 1.00. The van der Waals surface area contributed by atoms with E-state index in [-0.39, 0.29) is 0 Å². The van der Waals surface area contributed by atoms with E-state index in [9.17, 15) is 0 Å². The minimum absolute atomic E-state index is 0.406. The Balaban J connectivity index is 2.19. The van der Waals surface area contributed by atoms with E-state index in [4.69, 9.17) is 0 Å². The van der Waals surface area contributed by atoms with E-state index in [1.165, 1.54) is 0 Å². The molecule has 0 amide bonds. The Morgan fingerprint density at radius 3 is 2.60 bits per heavy atom. The minimum atomic E-state index is 0.406. The Morgan fingerprint density at radius 2 is 2.60 bits per heavy atom. The number of hydrogen-bond donors (Lipinski definition) is 0. The van der Waals surface area contributed by atoms with Gasteiger partial charge in [0.25, 0.3) is 0 Å². The van der Waals surface area contributed by atoms with Gasteiger partial charge in [-0.1, -0.05) is 0 Å². The van der Waals surface area contributed by atoms with Gasteiger partial charge < -0.3 is 0 Å². The van der Waals surface area contributed by atoms with E-state index in [2.05, 4.69) is 6.92 Å². The molecule has 5 heavy (non-hydrogen) atoms. The summed E-state index contributed by atoms with van der Waals surface area (Å²) in [7, 11) is 0. The summed E-state index contributed by atoms with van der Waals surface area (Å²) in [5.74, 6) is 0. The molecule has 0 aliphatic carbocycles. The quantitative estimate of drug-likeness (QED) is 0.521. The molecule has 0 rings (SSSR count). The Labute approximate surface area is 59.6 Å². The van der Waals surface area contributed by atoms with Crippen LogP contribution in [0.5, 0.6) is 0 Å². The van der Waals surface area contributed by atoms with Crippen molar-refractivity contribution in [2.45, 2.75) is 11.3 Å². The molecule has 0 saturated carbocycles. The molecule has 0 nitrogen and oxygen atoms in total. The first-order valence-corrected chi connectivity index (χ1v) is 22.9. The molecule has 0 radical (unpaired) electrons. The molecule has 0 aromatic heterocycles. The molecular formula is C2H8Sb2Te. The van der Waals surface area contributed by atoms with Crippen molar-refractivity contribution in [2.24, 2.45) is 0 Å². The molecule has 0 aliphatic rings. The van der Waals surface area contributed by atoms with Gasteiger partial charge in [-0.15, -0.1) is 0 Å². The van der Waals surface area contributed by atoms with Crippen molar-refractivity contribution in [3.63, 3.8) is 0 Å². The Kier molecular flexibility index (Phi) is 9.54. The molecule has 0 aromatic carbocycles. The van der Waals surface area contributed by atoms with Gasteiger partial charge in [0.1, 0.15) is 0 Å². The first-order valence-electron chi connectivity index (χ1n) is 1.50. The van der Waals surface area contributed by atoms with Crippen molar-refractivity contribution in [1.82, 2.24) is 0 Å². The zero-order valence-electron chi connectivity index (χ0n) is 3.19. The predicted octanol–water partition coefficient (Wildman–Crippen LogP) is -0.972. The van der Waals surface area contributed by atoms with Crippen molar-refractivity contribution >= 4 is 49.6 Å². The van der Waals surface area contributed by atoms with E-state index in [1.54, 1.807) is 23.5 Å². The Hall–Kier alpha value is 2.43. The molecule has 0 unspecified atom stereocenters. The average Bonchev–Trinajstić information content (AvgIpc) is 1.41. The second-order valence-corrected chi connectivity index (χ2v) is 44.4. The summed E-state index contributed by atoms with van der Waals surface area (Å²) in [5.41, 5.74) is 0. The molecule has 0 saturated heterocycles. The van der Waals surface area contributed by atoms with E-state index >= 15 is 0 Å². The van der Waals surface area contributed by atoms with Crippen molar-refractivity contribution in [3.05, 3.63) is 0 Å². The van der Waals surface area contributed by atoms with Crippen molar-refractivity contribution in [2.75, 3.05) is 0 Å². The summed E-state index contributed by atoms with van der Waals surface area (Å²) in [5, 5.41) is 0. The third-order valence-corrected chi connectivity index (χ3v) is 31.7. The number of hydrogen-bond acceptors (Lipinski definition) is 0. The van der Waals surface area contributed by atoms with Crippen LogP contribution >= 0.6 is 0 Å². The zero-order chi connectivity index (χ0) is 4.12.